The largest absolute Gasteiger partial charge is 0.573 e. The molecule has 1 aliphatic rings. The highest BCUT2D eigenvalue weighted by Crippen LogP contribution is 2.30. The van der Waals surface area contributed by atoms with Crippen LogP contribution in [-0.2, 0) is 6.54 Å². The number of carbonyl (C=O) groups excluding carboxylic acids is 2. The zero-order valence-corrected chi connectivity index (χ0v) is 17.0. The summed E-state index contributed by atoms with van der Waals surface area (Å²) in [6.45, 7) is 2.02. The van der Waals surface area contributed by atoms with Gasteiger partial charge >= 0.3 is 6.36 Å². The lowest BCUT2D eigenvalue weighted by Crippen LogP contribution is -2.47. The van der Waals surface area contributed by atoms with Crippen molar-refractivity contribution in [2.24, 2.45) is 0 Å². The molecule has 1 aromatic carbocycles. The number of halogens is 3. The number of anilines is 2. The number of nitrogens with one attached hydrogen (secondary N) is 1. The van der Waals surface area contributed by atoms with Gasteiger partial charge in [0.2, 0.25) is 0 Å². The van der Waals surface area contributed by atoms with Crippen molar-refractivity contribution in [3.63, 3.8) is 0 Å². The van der Waals surface area contributed by atoms with E-state index in [-0.39, 0.29) is 29.5 Å². The van der Waals surface area contributed by atoms with E-state index in [9.17, 15) is 22.8 Å². The molecular formula is C21H15F3N6O3. The number of hydrogen-bond acceptors (Lipinski definition) is 6. The number of nitrogens with zero attached hydrogens (tertiary/aromatic N) is 5. The lowest BCUT2D eigenvalue weighted by atomic mass is 10.1. The molecule has 0 bridgehead atoms. The number of ether oxygens (including phenoxy) is 1. The lowest BCUT2D eigenvalue weighted by Gasteiger charge is -2.34. The first-order chi connectivity index (χ1) is 15.7. The third kappa shape index (κ3) is 4.47. The van der Waals surface area contributed by atoms with Crippen molar-refractivity contribution < 1.29 is 27.5 Å². The summed E-state index contributed by atoms with van der Waals surface area (Å²) in [6, 6.07) is 9.25. The van der Waals surface area contributed by atoms with Gasteiger partial charge in [0, 0.05) is 17.6 Å². The van der Waals surface area contributed by atoms with Crippen molar-refractivity contribution in [3.05, 3.63) is 65.7 Å². The molecule has 33 heavy (non-hydrogen) atoms. The Hall–Kier alpha value is -4.40. The Labute approximate surface area is 185 Å². The highest BCUT2D eigenvalue weighted by atomic mass is 19.4. The van der Waals surface area contributed by atoms with E-state index in [0.717, 1.165) is 12.1 Å². The van der Waals surface area contributed by atoms with Crippen molar-refractivity contribution in [2.75, 3.05) is 10.2 Å². The summed E-state index contributed by atoms with van der Waals surface area (Å²) in [5.41, 5.74) is 0.827. The highest BCUT2D eigenvalue weighted by Gasteiger charge is 2.36. The van der Waals surface area contributed by atoms with E-state index in [1.165, 1.54) is 46.2 Å². The fraction of sp³-hybridized carbons (Fsp3) is 0.190. The molecule has 0 spiro atoms. The van der Waals surface area contributed by atoms with Gasteiger partial charge in [0.05, 0.1) is 24.3 Å². The summed E-state index contributed by atoms with van der Waals surface area (Å²) in [7, 11) is 0. The zero-order valence-electron chi connectivity index (χ0n) is 17.0. The van der Waals surface area contributed by atoms with Crippen molar-refractivity contribution in [2.45, 2.75) is 25.9 Å². The second-order valence-corrected chi connectivity index (χ2v) is 7.15. The average molecular weight is 456 g/mol. The molecule has 3 aromatic rings. The lowest BCUT2D eigenvalue weighted by molar-refractivity contribution is -0.274. The number of aromatic nitrogens is 3. The molecule has 3 heterocycles. The Balaban J connectivity index is 1.60. The molecule has 168 valence electrons. The summed E-state index contributed by atoms with van der Waals surface area (Å²) < 4.78 is 42.5. The third-order valence-corrected chi connectivity index (χ3v) is 4.86. The first-order valence-electron chi connectivity index (χ1n) is 9.59. The second kappa shape index (κ2) is 8.27. The molecule has 0 fully saturated rings. The first kappa shape index (κ1) is 21.8. The van der Waals surface area contributed by atoms with Crippen LogP contribution in [0.15, 0.2) is 48.8 Å². The smallest absolute Gasteiger partial charge is 0.406 e. The number of hydrogen-bond donors (Lipinski definition) is 1. The van der Waals surface area contributed by atoms with E-state index < -0.39 is 23.9 Å². The number of pyridine rings is 1. The van der Waals surface area contributed by atoms with Gasteiger partial charge in [-0.25, -0.2) is 4.98 Å². The summed E-state index contributed by atoms with van der Waals surface area (Å²) in [5, 5.41) is 15.7. The molecular weight excluding hydrogens is 441 g/mol. The van der Waals surface area contributed by atoms with E-state index in [0.29, 0.717) is 11.4 Å². The Morgan fingerprint density at radius 3 is 2.67 bits per heavy atom. The van der Waals surface area contributed by atoms with Crippen LogP contribution in [0, 0.1) is 11.3 Å². The minimum absolute atomic E-state index is 0.0178. The van der Waals surface area contributed by atoms with Crippen molar-refractivity contribution in [3.8, 4) is 11.8 Å². The van der Waals surface area contributed by atoms with Gasteiger partial charge in [-0.2, -0.15) is 10.4 Å². The molecule has 0 aliphatic carbocycles. The molecule has 0 radical (unpaired) electrons. The van der Waals surface area contributed by atoms with Gasteiger partial charge in [-0.05, 0) is 43.3 Å². The predicted octanol–water partition coefficient (Wildman–Crippen LogP) is 3.35. The maximum atomic E-state index is 13.3. The molecule has 1 N–H and O–H groups in total. The number of alkyl halides is 3. The quantitative estimate of drug-likeness (QED) is 0.644. The van der Waals surface area contributed by atoms with Gasteiger partial charge in [-0.3, -0.25) is 14.3 Å². The van der Waals surface area contributed by atoms with Crippen LogP contribution in [0.1, 0.15) is 33.5 Å². The fourth-order valence-corrected chi connectivity index (χ4v) is 3.51. The number of fused-ring (bicyclic) bond motifs is 1. The van der Waals surface area contributed by atoms with Gasteiger partial charge < -0.3 is 15.0 Å². The van der Waals surface area contributed by atoms with Crippen LogP contribution in [0.2, 0.25) is 0 Å². The van der Waals surface area contributed by atoms with Gasteiger partial charge in [-0.15, -0.1) is 13.2 Å². The van der Waals surface area contributed by atoms with Crippen molar-refractivity contribution in [1.82, 2.24) is 14.8 Å². The van der Waals surface area contributed by atoms with Crippen molar-refractivity contribution >= 4 is 23.2 Å². The van der Waals surface area contributed by atoms with Crippen LogP contribution in [0.5, 0.6) is 5.75 Å². The van der Waals surface area contributed by atoms with Crippen LogP contribution >= 0.6 is 0 Å². The van der Waals surface area contributed by atoms with E-state index in [1.807, 2.05) is 6.07 Å². The maximum Gasteiger partial charge on any atom is 0.573 e. The summed E-state index contributed by atoms with van der Waals surface area (Å²) in [4.78, 5) is 31.3. The second-order valence-electron chi connectivity index (χ2n) is 7.15. The maximum absolute atomic E-state index is 13.3. The number of rotatable bonds is 4. The highest BCUT2D eigenvalue weighted by molar-refractivity contribution is 6.15. The molecule has 1 unspecified atom stereocenters. The minimum atomic E-state index is -4.83. The van der Waals surface area contributed by atoms with Crippen LogP contribution < -0.4 is 15.0 Å². The molecule has 0 saturated heterocycles. The summed E-state index contributed by atoms with van der Waals surface area (Å²) >= 11 is 0. The minimum Gasteiger partial charge on any atom is -0.406 e. The van der Waals surface area contributed by atoms with Crippen LogP contribution in [-0.4, -0.2) is 39.0 Å². The van der Waals surface area contributed by atoms with E-state index in [1.54, 1.807) is 6.92 Å². The molecule has 1 aliphatic heterocycles. The normalized spacial score (nSPS) is 15.5. The van der Waals surface area contributed by atoms with E-state index in [2.05, 4.69) is 20.1 Å². The summed E-state index contributed by atoms with van der Waals surface area (Å²) in [5.74, 6) is -1.56. The number of carbonyl (C=O) groups is 2. The molecule has 1 atom stereocenters. The molecule has 12 heteroatoms. The Kier molecular flexibility index (Phi) is 5.47. The number of amides is 2. The predicted molar refractivity (Wildman–Crippen MR) is 109 cm³/mol. The summed E-state index contributed by atoms with van der Waals surface area (Å²) in [6.07, 6.45) is -2.19. The molecule has 9 nitrogen and oxygen atoms in total. The molecule has 4 rings (SSSR count). The SMILES string of the molecule is CC1Cn2ncc(C(=O)Nc3ccnc(C#N)c3)c2C(=O)N1c1ccc(OC(F)(F)F)cc1. The average Bonchev–Trinajstić information content (AvgIpc) is 3.18. The topological polar surface area (TPSA) is 113 Å². The fourth-order valence-electron chi connectivity index (χ4n) is 3.51. The first-order valence-corrected chi connectivity index (χ1v) is 9.59. The monoisotopic (exact) mass is 456 g/mol. The molecule has 0 saturated carbocycles. The van der Waals surface area contributed by atoms with Crippen LogP contribution in [0.3, 0.4) is 0 Å². The van der Waals surface area contributed by atoms with Crippen molar-refractivity contribution in [1.29, 1.82) is 5.26 Å². The van der Waals surface area contributed by atoms with Crippen LogP contribution in [0.25, 0.3) is 0 Å². The molecule has 2 amide bonds. The van der Waals surface area contributed by atoms with Crippen LogP contribution in [0.4, 0.5) is 24.5 Å². The van der Waals surface area contributed by atoms with Gasteiger partial charge in [-0.1, -0.05) is 0 Å². The Morgan fingerprint density at radius 1 is 1.27 bits per heavy atom. The third-order valence-electron chi connectivity index (χ3n) is 4.86. The zero-order chi connectivity index (χ0) is 23.8. The van der Waals surface area contributed by atoms with Gasteiger partial charge in [0.1, 0.15) is 23.2 Å². The standard InChI is InChI=1S/C21H15F3N6O3/c1-12-11-29-18(17(10-27-29)19(31)28-13-6-7-26-14(8-13)9-25)20(32)30(12)15-2-4-16(5-3-15)33-21(22,23)24/h2-8,10,12H,11H2,1H3,(H,26,28,31). The number of nitriles is 1. The molecule has 2 aromatic heterocycles. The van der Waals surface area contributed by atoms with Gasteiger partial charge in [0.25, 0.3) is 11.8 Å². The van der Waals surface area contributed by atoms with E-state index in [4.69, 9.17) is 5.26 Å². The van der Waals surface area contributed by atoms with E-state index >= 15 is 0 Å². The number of benzene rings is 1. The Morgan fingerprint density at radius 2 is 2.00 bits per heavy atom. The van der Waals surface area contributed by atoms with Gasteiger partial charge in [0.15, 0.2) is 0 Å². The Bertz CT molecular complexity index is 1260.